The zero-order valence-corrected chi connectivity index (χ0v) is 13.5. The van der Waals surface area contributed by atoms with E-state index in [1.807, 2.05) is 25.1 Å². The normalized spacial score (nSPS) is 18.3. The van der Waals surface area contributed by atoms with Crippen LogP contribution >= 0.6 is 0 Å². The fourth-order valence-corrected chi connectivity index (χ4v) is 3.23. The minimum Gasteiger partial charge on any atom is -0.494 e. The van der Waals surface area contributed by atoms with E-state index in [-0.39, 0.29) is 6.61 Å². The molecule has 1 atom stereocenters. The van der Waals surface area contributed by atoms with Crippen LogP contribution in [-0.2, 0) is 13.2 Å². The number of hydrogen-bond acceptors (Lipinski definition) is 5. The molecule has 0 unspecified atom stereocenters. The lowest BCUT2D eigenvalue weighted by Crippen LogP contribution is -2.23. The second-order valence-corrected chi connectivity index (χ2v) is 5.80. The Kier molecular flexibility index (Phi) is 5.20. The number of likely N-dealkylation sites (tertiary alicyclic amines) is 1. The summed E-state index contributed by atoms with van der Waals surface area (Å²) in [5, 5.41) is 9.55. The van der Waals surface area contributed by atoms with Crippen molar-refractivity contribution in [1.82, 2.24) is 14.9 Å². The van der Waals surface area contributed by atoms with E-state index in [2.05, 4.69) is 20.9 Å². The van der Waals surface area contributed by atoms with Crippen molar-refractivity contribution in [3.05, 3.63) is 53.6 Å². The van der Waals surface area contributed by atoms with E-state index in [0.717, 1.165) is 36.5 Å². The van der Waals surface area contributed by atoms with Crippen LogP contribution in [0.25, 0.3) is 0 Å². The molecule has 0 saturated carbocycles. The van der Waals surface area contributed by atoms with Gasteiger partial charge in [0.15, 0.2) is 0 Å². The van der Waals surface area contributed by atoms with E-state index in [9.17, 15) is 5.11 Å². The highest BCUT2D eigenvalue weighted by atomic mass is 16.5. The summed E-state index contributed by atoms with van der Waals surface area (Å²) in [5.41, 5.74) is 3.13. The van der Waals surface area contributed by atoms with Gasteiger partial charge in [-0.05, 0) is 50.1 Å². The SMILES string of the molecule is CCOc1ccc(CN2CCC[C@H]2c2ccncn2)cc1CO. The number of aliphatic hydroxyl groups is 1. The van der Waals surface area contributed by atoms with Crippen molar-refractivity contribution in [3.8, 4) is 5.75 Å². The molecule has 1 aromatic carbocycles. The van der Waals surface area contributed by atoms with E-state index in [0.29, 0.717) is 12.6 Å². The molecule has 0 aliphatic carbocycles. The molecule has 1 aromatic heterocycles. The van der Waals surface area contributed by atoms with E-state index in [4.69, 9.17) is 4.74 Å². The molecule has 2 aromatic rings. The van der Waals surface area contributed by atoms with Crippen LogP contribution in [0.2, 0.25) is 0 Å². The van der Waals surface area contributed by atoms with Gasteiger partial charge in [-0.25, -0.2) is 9.97 Å². The van der Waals surface area contributed by atoms with Gasteiger partial charge in [0.1, 0.15) is 12.1 Å². The Morgan fingerprint density at radius 3 is 3.00 bits per heavy atom. The minimum atomic E-state index is -0.00148. The average molecular weight is 313 g/mol. The molecule has 122 valence electrons. The lowest BCUT2D eigenvalue weighted by atomic mass is 10.1. The third kappa shape index (κ3) is 3.68. The molecule has 1 aliphatic heterocycles. The summed E-state index contributed by atoms with van der Waals surface area (Å²) in [6.07, 6.45) is 5.73. The number of aliphatic hydroxyl groups excluding tert-OH is 1. The first-order valence-corrected chi connectivity index (χ1v) is 8.17. The van der Waals surface area contributed by atoms with Crippen LogP contribution in [0.5, 0.6) is 5.75 Å². The molecule has 0 amide bonds. The highest BCUT2D eigenvalue weighted by molar-refractivity contribution is 5.37. The summed E-state index contributed by atoms with van der Waals surface area (Å²) in [5.74, 6) is 0.771. The van der Waals surface area contributed by atoms with Gasteiger partial charge in [-0.15, -0.1) is 0 Å². The molecule has 23 heavy (non-hydrogen) atoms. The van der Waals surface area contributed by atoms with E-state index < -0.39 is 0 Å². The van der Waals surface area contributed by atoms with Gasteiger partial charge in [0.25, 0.3) is 0 Å². The van der Waals surface area contributed by atoms with Gasteiger partial charge >= 0.3 is 0 Å². The summed E-state index contributed by atoms with van der Waals surface area (Å²) in [7, 11) is 0. The first-order valence-electron chi connectivity index (χ1n) is 8.17. The van der Waals surface area contributed by atoms with E-state index >= 15 is 0 Å². The number of hydrogen-bond donors (Lipinski definition) is 1. The third-order valence-electron chi connectivity index (χ3n) is 4.29. The molecule has 0 radical (unpaired) electrons. The predicted octanol–water partition coefficient (Wildman–Crippen LogP) is 2.70. The molecule has 1 aliphatic rings. The molecule has 0 spiro atoms. The van der Waals surface area contributed by atoms with Crippen LogP contribution in [-0.4, -0.2) is 33.1 Å². The standard InChI is InChI=1S/C18H23N3O2/c1-2-23-18-6-5-14(10-15(18)12-22)11-21-9-3-4-17(21)16-7-8-19-13-20-16/h5-8,10,13,17,22H,2-4,9,11-12H2,1H3/t17-/m0/s1. The first-order chi connectivity index (χ1) is 11.3. The van der Waals surface area contributed by atoms with Crippen LogP contribution in [0.4, 0.5) is 0 Å². The Morgan fingerprint density at radius 1 is 1.35 bits per heavy atom. The average Bonchev–Trinajstić information content (AvgIpc) is 3.05. The largest absolute Gasteiger partial charge is 0.494 e. The molecular weight excluding hydrogens is 290 g/mol. The van der Waals surface area contributed by atoms with Crippen LogP contribution < -0.4 is 4.74 Å². The van der Waals surface area contributed by atoms with Crippen molar-refractivity contribution in [2.75, 3.05) is 13.2 Å². The van der Waals surface area contributed by atoms with Gasteiger partial charge in [0.05, 0.1) is 24.9 Å². The maximum atomic E-state index is 9.55. The van der Waals surface area contributed by atoms with Crippen LogP contribution in [0.15, 0.2) is 36.8 Å². The lowest BCUT2D eigenvalue weighted by molar-refractivity contribution is 0.242. The summed E-state index contributed by atoms with van der Waals surface area (Å²) in [6, 6.07) is 8.43. The lowest BCUT2D eigenvalue weighted by Gasteiger charge is -2.24. The summed E-state index contributed by atoms with van der Waals surface area (Å²) >= 11 is 0. The summed E-state index contributed by atoms with van der Waals surface area (Å²) < 4.78 is 5.55. The number of aromatic nitrogens is 2. The fourth-order valence-electron chi connectivity index (χ4n) is 3.23. The number of ether oxygens (including phenoxy) is 1. The van der Waals surface area contributed by atoms with Gasteiger partial charge < -0.3 is 9.84 Å². The van der Waals surface area contributed by atoms with Crippen LogP contribution in [0.3, 0.4) is 0 Å². The summed E-state index contributed by atoms with van der Waals surface area (Å²) in [4.78, 5) is 10.9. The van der Waals surface area contributed by atoms with Crippen LogP contribution in [0, 0.1) is 0 Å². The van der Waals surface area contributed by atoms with Crippen molar-refractivity contribution >= 4 is 0 Å². The first kappa shape index (κ1) is 15.9. The molecule has 3 rings (SSSR count). The van der Waals surface area contributed by atoms with Gasteiger partial charge in [-0.3, -0.25) is 4.90 Å². The minimum absolute atomic E-state index is 0.00148. The van der Waals surface area contributed by atoms with Crippen molar-refractivity contribution < 1.29 is 9.84 Å². The number of rotatable bonds is 6. The Labute approximate surface area is 137 Å². The topological polar surface area (TPSA) is 58.5 Å². The fraction of sp³-hybridized carbons (Fsp3) is 0.444. The second-order valence-electron chi connectivity index (χ2n) is 5.80. The Morgan fingerprint density at radius 2 is 2.26 bits per heavy atom. The van der Waals surface area contributed by atoms with Crippen molar-refractivity contribution in [2.24, 2.45) is 0 Å². The molecule has 0 bridgehead atoms. The third-order valence-corrected chi connectivity index (χ3v) is 4.29. The maximum Gasteiger partial charge on any atom is 0.124 e. The molecule has 5 nitrogen and oxygen atoms in total. The van der Waals surface area contributed by atoms with Gasteiger partial charge in [-0.2, -0.15) is 0 Å². The smallest absolute Gasteiger partial charge is 0.124 e. The molecular formula is C18H23N3O2. The highest BCUT2D eigenvalue weighted by Crippen LogP contribution is 2.32. The number of nitrogens with zero attached hydrogens (tertiary/aromatic N) is 3. The second kappa shape index (κ2) is 7.53. The molecule has 1 fully saturated rings. The monoisotopic (exact) mass is 313 g/mol. The van der Waals surface area contributed by atoms with Crippen molar-refractivity contribution in [1.29, 1.82) is 0 Å². The van der Waals surface area contributed by atoms with Crippen molar-refractivity contribution in [3.63, 3.8) is 0 Å². The van der Waals surface area contributed by atoms with E-state index in [1.54, 1.807) is 12.5 Å². The Balaban J connectivity index is 1.75. The summed E-state index contributed by atoms with van der Waals surface area (Å²) in [6.45, 7) is 4.47. The predicted molar refractivity (Wildman–Crippen MR) is 88.0 cm³/mol. The van der Waals surface area contributed by atoms with E-state index in [1.165, 1.54) is 12.0 Å². The molecule has 5 heteroatoms. The molecule has 1 saturated heterocycles. The zero-order valence-electron chi connectivity index (χ0n) is 13.5. The Hall–Kier alpha value is -1.98. The quantitative estimate of drug-likeness (QED) is 0.888. The zero-order chi connectivity index (χ0) is 16.1. The Bertz CT molecular complexity index is 633. The number of benzene rings is 1. The highest BCUT2D eigenvalue weighted by Gasteiger charge is 2.27. The van der Waals surface area contributed by atoms with Crippen LogP contribution in [0.1, 0.15) is 42.6 Å². The molecule has 1 N–H and O–H groups in total. The maximum absolute atomic E-state index is 9.55. The van der Waals surface area contributed by atoms with Gasteiger partial charge in [-0.1, -0.05) is 6.07 Å². The van der Waals surface area contributed by atoms with Crippen molar-refractivity contribution in [2.45, 2.75) is 39.0 Å². The van der Waals surface area contributed by atoms with Gasteiger partial charge in [0, 0.05) is 18.3 Å². The molecule has 2 heterocycles. The van der Waals surface area contributed by atoms with Gasteiger partial charge in [0.2, 0.25) is 0 Å².